The molecule has 0 aliphatic carbocycles. The zero-order chi connectivity index (χ0) is 21.4. The van der Waals surface area contributed by atoms with Crippen LogP contribution in [0.3, 0.4) is 0 Å². The van der Waals surface area contributed by atoms with E-state index in [2.05, 4.69) is 58.1 Å². The van der Waals surface area contributed by atoms with Crippen molar-refractivity contribution in [2.24, 2.45) is 0 Å². The Balaban J connectivity index is 1.38. The highest BCUT2D eigenvalue weighted by molar-refractivity contribution is 7.21. The number of nitrogens with zero attached hydrogens (tertiary/aromatic N) is 6. The predicted octanol–water partition coefficient (Wildman–Crippen LogP) is 4.34. The lowest BCUT2D eigenvalue weighted by Gasteiger charge is -2.38. The number of likely N-dealkylation sites (N-methyl/N-ethyl adjacent to an activating group) is 1. The van der Waals surface area contributed by atoms with E-state index in [1.807, 2.05) is 30.5 Å². The van der Waals surface area contributed by atoms with Gasteiger partial charge in [0.05, 0.1) is 10.2 Å². The first-order valence-electron chi connectivity index (χ1n) is 10.4. The molecule has 4 aromatic rings. The van der Waals surface area contributed by atoms with Crippen molar-refractivity contribution in [3.63, 3.8) is 0 Å². The number of aryl methyl sites for hydroxylation is 1. The molecule has 5 rings (SSSR count). The molecule has 4 aromatic heterocycles. The Bertz CT molecular complexity index is 1220. The van der Waals surface area contributed by atoms with Crippen LogP contribution in [-0.4, -0.2) is 57.6 Å². The van der Waals surface area contributed by atoms with Crippen LogP contribution >= 0.6 is 11.3 Å². The standard InChI is InChI=1S/C23H25N7S/c1-15-6-5-9-24-22(15)23-26-17-12-20(25-13-18(17)31-23)27-19-7-4-8-21(28-19)30-11-10-29(3)16(2)14-30/h4-9,12-13,16H,10-11,14H2,1-3H3,(H,25,27,28)/t16-/m0/s1. The molecule has 0 unspecified atom stereocenters. The van der Waals surface area contributed by atoms with E-state index in [1.54, 1.807) is 17.5 Å². The number of aromatic nitrogens is 4. The minimum absolute atomic E-state index is 0.512. The molecule has 1 aliphatic rings. The Hall–Kier alpha value is -3.10. The molecule has 31 heavy (non-hydrogen) atoms. The molecule has 1 N–H and O–H groups in total. The first kappa shape index (κ1) is 19.8. The lowest BCUT2D eigenvalue weighted by Crippen LogP contribution is -2.50. The Morgan fingerprint density at radius 1 is 1.06 bits per heavy atom. The number of hydrogen-bond acceptors (Lipinski definition) is 8. The van der Waals surface area contributed by atoms with Gasteiger partial charge in [0, 0.05) is 44.1 Å². The van der Waals surface area contributed by atoms with E-state index in [-0.39, 0.29) is 0 Å². The fourth-order valence-corrected chi connectivity index (χ4v) is 4.75. The number of pyridine rings is 3. The maximum Gasteiger partial charge on any atom is 0.143 e. The van der Waals surface area contributed by atoms with Gasteiger partial charge in [-0.15, -0.1) is 11.3 Å². The maximum atomic E-state index is 4.82. The van der Waals surface area contributed by atoms with Gasteiger partial charge in [-0.1, -0.05) is 12.1 Å². The van der Waals surface area contributed by atoms with Gasteiger partial charge in [0.15, 0.2) is 0 Å². The summed E-state index contributed by atoms with van der Waals surface area (Å²) >= 11 is 1.61. The average Bonchev–Trinajstić information content (AvgIpc) is 3.19. The van der Waals surface area contributed by atoms with Gasteiger partial charge in [-0.25, -0.2) is 15.0 Å². The highest BCUT2D eigenvalue weighted by Gasteiger charge is 2.21. The molecule has 1 atom stereocenters. The normalized spacial score (nSPS) is 17.3. The predicted molar refractivity (Wildman–Crippen MR) is 127 cm³/mol. The zero-order valence-corrected chi connectivity index (χ0v) is 18.7. The summed E-state index contributed by atoms with van der Waals surface area (Å²) in [6.07, 6.45) is 3.67. The zero-order valence-electron chi connectivity index (χ0n) is 17.9. The Kier molecular flexibility index (Phi) is 5.25. The number of piperazine rings is 1. The number of thiazole rings is 1. The van der Waals surface area contributed by atoms with Crippen LogP contribution in [0.1, 0.15) is 12.5 Å². The summed E-state index contributed by atoms with van der Waals surface area (Å²) in [6, 6.07) is 12.6. The number of fused-ring (bicyclic) bond motifs is 1. The Morgan fingerprint density at radius 2 is 1.97 bits per heavy atom. The number of hydrogen-bond donors (Lipinski definition) is 1. The van der Waals surface area contributed by atoms with Gasteiger partial charge in [-0.2, -0.15) is 0 Å². The summed E-state index contributed by atoms with van der Waals surface area (Å²) in [5, 5.41) is 4.26. The molecular formula is C23H25N7S. The third kappa shape index (κ3) is 4.08. The van der Waals surface area contributed by atoms with Gasteiger partial charge in [0.1, 0.15) is 28.2 Å². The largest absolute Gasteiger partial charge is 0.354 e. The van der Waals surface area contributed by atoms with Crippen molar-refractivity contribution in [1.82, 2.24) is 24.8 Å². The van der Waals surface area contributed by atoms with Gasteiger partial charge < -0.3 is 15.1 Å². The molecule has 0 spiro atoms. The van der Waals surface area contributed by atoms with Crippen LogP contribution in [0, 0.1) is 6.92 Å². The SMILES string of the molecule is Cc1cccnc1-c1nc2cc(Nc3cccc(N4CCN(C)[C@@H](C)C4)n3)ncc2s1. The van der Waals surface area contributed by atoms with E-state index in [1.165, 1.54) is 0 Å². The van der Waals surface area contributed by atoms with Gasteiger partial charge in [-0.05, 0) is 44.7 Å². The lowest BCUT2D eigenvalue weighted by molar-refractivity contribution is 0.233. The van der Waals surface area contributed by atoms with Crippen molar-refractivity contribution in [2.45, 2.75) is 19.9 Å². The molecule has 8 heteroatoms. The van der Waals surface area contributed by atoms with E-state index in [9.17, 15) is 0 Å². The van der Waals surface area contributed by atoms with Crippen molar-refractivity contribution in [1.29, 1.82) is 0 Å². The highest BCUT2D eigenvalue weighted by atomic mass is 32.1. The number of anilines is 3. The third-order valence-electron chi connectivity index (χ3n) is 5.76. The van der Waals surface area contributed by atoms with Crippen molar-refractivity contribution in [2.75, 3.05) is 36.9 Å². The highest BCUT2D eigenvalue weighted by Crippen LogP contribution is 2.31. The quantitative estimate of drug-likeness (QED) is 0.515. The lowest BCUT2D eigenvalue weighted by atomic mass is 10.2. The van der Waals surface area contributed by atoms with Crippen molar-refractivity contribution in [3.8, 4) is 10.7 Å². The summed E-state index contributed by atoms with van der Waals surface area (Å²) < 4.78 is 1.04. The van der Waals surface area contributed by atoms with Crippen molar-refractivity contribution >= 4 is 39.0 Å². The molecule has 158 valence electrons. The van der Waals surface area contributed by atoms with Crippen molar-refractivity contribution in [3.05, 3.63) is 54.4 Å². The topological polar surface area (TPSA) is 70.1 Å². The van der Waals surface area contributed by atoms with Crippen LogP contribution < -0.4 is 10.2 Å². The van der Waals surface area contributed by atoms with E-state index >= 15 is 0 Å². The fourth-order valence-electron chi connectivity index (χ4n) is 3.77. The van der Waals surface area contributed by atoms with E-state index < -0.39 is 0 Å². The van der Waals surface area contributed by atoms with Crippen LogP contribution in [0.4, 0.5) is 17.5 Å². The Labute approximate surface area is 185 Å². The van der Waals surface area contributed by atoms with Crippen LogP contribution in [0.2, 0.25) is 0 Å². The molecule has 1 fully saturated rings. The number of nitrogens with one attached hydrogen (secondary N) is 1. The molecule has 1 saturated heterocycles. The molecule has 0 amide bonds. The average molecular weight is 432 g/mol. The smallest absolute Gasteiger partial charge is 0.143 e. The first-order chi connectivity index (χ1) is 15.1. The maximum absolute atomic E-state index is 4.82. The molecule has 0 saturated carbocycles. The Morgan fingerprint density at radius 3 is 2.81 bits per heavy atom. The molecule has 0 aromatic carbocycles. The first-order valence-corrected chi connectivity index (χ1v) is 11.3. The van der Waals surface area contributed by atoms with Gasteiger partial charge in [0.25, 0.3) is 0 Å². The third-order valence-corrected chi connectivity index (χ3v) is 6.77. The summed E-state index contributed by atoms with van der Waals surface area (Å²) in [6.45, 7) is 7.31. The minimum Gasteiger partial charge on any atom is -0.354 e. The molecule has 7 nitrogen and oxygen atoms in total. The summed E-state index contributed by atoms with van der Waals surface area (Å²) in [7, 11) is 2.17. The second-order valence-corrected chi connectivity index (χ2v) is 9.04. The molecule has 1 aliphatic heterocycles. The van der Waals surface area contributed by atoms with Crippen molar-refractivity contribution < 1.29 is 0 Å². The van der Waals surface area contributed by atoms with Crippen LogP contribution in [0.5, 0.6) is 0 Å². The van der Waals surface area contributed by atoms with Gasteiger partial charge in [-0.3, -0.25) is 4.98 Å². The molecule has 0 radical (unpaired) electrons. The van der Waals surface area contributed by atoms with Crippen LogP contribution in [-0.2, 0) is 0 Å². The summed E-state index contributed by atoms with van der Waals surface area (Å²) in [5.74, 6) is 2.51. The summed E-state index contributed by atoms with van der Waals surface area (Å²) in [4.78, 5) is 23.4. The fraction of sp³-hybridized carbons (Fsp3) is 0.304. The minimum atomic E-state index is 0.512. The van der Waals surface area contributed by atoms with Gasteiger partial charge in [0.2, 0.25) is 0 Å². The van der Waals surface area contributed by atoms with Crippen LogP contribution in [0.15, 0.2) is 48.8 Å². The van der Waals surface area contributed by atoms with E-state index in [0.717, 1.165) is 63.6 Å². The number of rotatable bonds is 4. The molecule has 5 heterocycles. The molecular weight excluding hydrogens is 406 g/mol. The summed E-state index contributed by atoms with van der Waals surface area (Å²) in [5.41, 5.74) is 2.95. The van der Waals surface area contributed by atoms with E-state index in [4.69, 9.17) is 9.97 Å². The van der Waals surface area contributed by atoms with Gasteiger partial charge >= 0.3 is 0 Å². The molecule has 0 bridgehead atoms. The van der Waals surface area contributed by atoms with E-state index in [0.29, 0.717) is 6.04 Å². The monoisotopic (exact) mass is 431 g/mol. The second-order valence-electron chi connectivity index (χ2n) is 8.01. The second kappa shape index (κ2) is 8.20. The van der Waals surface area contributed by atoms with Crippen LogP contribution in [0.25, 0.3) is 20.9 Å².